The molecule has 0 bridgehead atoms. The van der Waals surface area contributed by atoms with Crippen molar-refractivity contribution >= 4 is 17.1 Å². The molecule has 0 rings (SSSR count). The molecule has 78 valence electrons. The third kappa shape index (κ3) is 3.38. The molecule has 0 atom stereocenters. The van der Waals surface area contributed by atoms with Crippen molar-refractivity contribution in [1.82, 2.24) is 0 Å². The van der Waals surface area contributed by atoms with Crippen molar-refractivity contribution in [2.75, 3.05) is 0 Å². The van der Waals surface area contributed by atoms with Crippen molar-refractivity contribution in [1.29, 1.82) is 0 Å². The first kappa shape index (κ1) is 13.1. The van der Waals surface area contributed by atoms with Gasteiger partial charge in [-0.1, -0.05) is 60.2 Å². The van der Waals surface area contributed by atoms with E-state index < -0.39 is 0 Å². The maximum absolute atomic E-state index is 5.59. The quantitative estimate of drug-likeness (QED) is 0.584. The van der Waals surface area contributed by atoms with Gasteiger partial charge in [0.15, 0.2) is 0 Å². The van der Waals surface area contributed by atoms with Crippen molar-refractivity contribution in [2.45, 2.75) is 60.8 Å². The second kappa shape index (κ2) is 4.54. The normalized spacial score (nSPS) is 13.1. The lowest BCUT2D eigenvalue weighted by Gasteiger charge is -2.35. The first-order chi connectivity index (χ1) is 5.78. The molecule has 0 aromatic heterocycles. The third-order valence-electron chi connectivity index (χ3n) is 2.99. The van der Waals surface area contributed by atoms with Crippen LogP contribution in [0.15, 0.2) is 0 Å². The molecule has 1 heteroatoms. The molecule has 0 aromatic carbocycles. The summed E-state index contributed by atoms with van der Waals surface area (Å²) >= 11 is 5.59. The van der Waals surface area contributed by atoms with Crippen molar-refractivity contribution in [3.63, 3.8) is 0 Å². The van der Waals surface area contributed by atoms with Gasteiger partial charge in [-0.3, -0.25) is 0 Å². The van der Waals surface area contributed by atoms with Gasteiger partial charge in [-0.2, -0.15) is 0 Å². The predicted octanol–water partition coefficient (Wildman–Crippen LogP) is 4.62. The molecular formula is C12H24S. The van der Waals surface area contributed by atoms with Gasteiger partial charge in [-0.25, -0.2) is 0 Å². The Morgan fingerprint density at radius 3 is 1.77 bits per heavy atom. The largest absolute Gasteiger partial charge is 0.0885 e. The average molecular weight is 200 g/mol. The minimum absolute atomic E-state index is 0.216. The first-order valence-corrected chi connectivity index (χ1v) is 5.73. The standard InChI is InChI=1S/C12H24S/c1-7-9-12(5,6)10(13)11(3,4)8-2/h7-9H2,1-6H3. The van der Waals surface area contributed by atoms with Gasteiger partial charge in [0, 0.05) is 4.86 Å². The van der Waals surface area contributed by atoms with E-state index in [2.05, 4.69) is 41.5 Å². The van der Waals surface area contributed by atoms with Crippen molar-refractivity contribution in [3.05, 3.63) is 0 Å². The van der Waals surface area contributed by atoms with Crippen LogP contribution in [-0.2, 0) is 0 Å². The zero-order chi connectivity index (χ0) is 10.7. The van der Waals surface area contributed by atoms with Crippen LogP contribution >= 0.6 is 12.2 Å². The topological polar surface area (TPSA) is 0 Å². The smallest absolute Gasteiger partial charge is 0.00408 e. The molecule has 0 unspecified atom stereocenters. The van der Waals surface area contributed by atoms with Crippen LogP contribution in [-0.4, -0.2) is 4.86 Å². The summed E-state index contributed by atoms with van der Waals surface area (Å²) in [7, 11) is 0. The van der Waals surface area contributed by atoms with Gasteiger partial charge >= 0.3 is 0 Å². The third-order valence-corrected chi connectivity index (χ3v) is 4.09. The van der Waals surface area contributed by atoms with Crippen molar-refractivity contribution < 1.29 is 0 Å². The van der Waals surface area contributed by atoms with E-state index in [9.17, 15) is 0 Å². The highest BCUT2D eigenvalue weighted by Crippen LogP contribution is 2.36. The van der Waals surface area contributed by atoms with Crippen LogP contribution in [0.25, 0.3) is 0 Å². The second-order valence-electron chi connectivity index (χ2n) is 5.20. The van der Waals surface area contributed by atoms with E-state index in [1.165, 1.54) is 17.7 Å². The van der Waals surface area contributed by atoms with Gasteiger partial charge in [-0.15, -0.1) is 0 Å². The maximum Gasteiger partial charge on any atom is 0.00408 e. The Kier molecular flexibility index (Phi) is 4.58. The van der Waals surface area contributed by atoms with Crippen molar-refractivity contribution in [2.24, 2.45) is 10.8 Å². The Morgan fingerprint density at radius 1 is 1.00 bits per heavy atom. The fraction of sp³-hybridized carbons (Fsp3) is 0.917. The molecule has 0 saturated heterocycles. The van der Waals surface area contributed by atoms with Gasteiger partial charge in [0.2, 0.25) is 0 Å². The van der Waals surface area contributed by atoms with Crippen LogP contribution in [0.4, 0.5) is 0 Å². The van der Waals surface area contributed by atoms with Gasteiger partial charge in [-0.05, 0) is 23.7 Å². The van der Waals surface area contributed by atoms with Gasteiger partial charge < -0.3 is 0 Å². The van der Waals surface area contributed by atoms with Crippen LogP contribution in [0.5, 0.6) is 0 Å². The Hall–Kier alpha value is 0.0900. The van der Waals surface area contributed by atoms with Crippen LogP contribution < -0.4 is 0 Å². The molecule has 0 aliphatic rings. The van der Waals surface area contributed by atoms with Crippen LogP contribution in [0.3, 0.4) is 0 Å². The molecular weight excluding hydrogens is 176 g/mol. The number of hydrogen-bond acceptors (Lipinski definition) is 1. The summed E-state index contributed by atoms with van der Waals surface area (Å²) in [6, 6.07) is 0. The van der Waals surface area contributed by atoms with Crippen molar-refractivity contribution in [3.8, 4) is 0 Å². The molecule has 0 amide bonds. The summed E-state index contributed by atoms with van der Waals surface area (Å²) in [5, 5.41) is 0. The SMILES string of the molecule is CCCC(C)(C)C(=S)C(C)(C)CC. The monoisotopic (exact) mass is 200 g/mol. The highest BCUT2D eigenvalue weighted by atomic mass is 32.1. The molecule has 0 aliphatic carbocycles. The summed E-state index contributed by atoms with van der Waals surface area (Å²) in [6.07, 6.45) is 3.56. The zero-order valence-corrected chi connectivity index (χ0v) is 10.8. The highest BCUT2D eigenvalue weighted by molar-refractivity contribution is 7.80. The molecule has 0 N–H and O–H groups in total. The summed E-state index contributed by atoms with van der Waals surface area (Å²) in [4.78, 5) is 1.24. The van der Waals surface area contributed by atoms with Gasteiger partial charge in [0.25, 0.3) is 0 Å². The van der Waals surface area contributed by atoms with E-state index in [-0.39, 0.29) is 10.8 Å². The minimum Gasteiger partial charge on any atom is -0.0885 e. The Labute approximate surface area is 89.1 Å². The Balaban J connectivity index is 4.58. The van der Waals surface area contributed by atoms with E-state index >= 15 is 0 Å². The van der Waals surface area contributed by atoms with Crippen LogP contribution in [0, 0.1) is 10.8 Å². The molecule has 0 saturated carbocycles. The number of hydrogen-bond donors (Lipinski definition) is 0. The zero-order valence-electron chi connectivity index (χ0n) is 10.0. The van der Waals surface area contributed by atoms with Gasteiger partial charge in [0.05, 0.1) is 0 Å². The first-order valence-electron chi connectivity index (χ1n) is 5.33. The van der Waals surface area contributed by atoms with Gasteiger partial charge in [0.1, 0.15) is 0 Å². The highest BCUT2D eigenvalue weighted by Gasteiger charge is 2.32. The number of rotatable bonds is 5. The summed E-state index contributed by atoms with van der Waals surface area (Å²) in [6.45, 7) is 13.5. The molecule has 0 spiro atoms. The Morgan fingerprint density at radius 2 is 1.46 bits per heavy atom. The van der Waals surface area contributed by atoms with E-state index in [1.54, 1.807) is 0 Å². The fourth-order valence-corrected chi connectivity index (χ4v) is 2.06. The van der Waals surface area contributed by atoms with Crippen LogP contribution in [0.2, 0.25) is 0 Å². The van der Waals surface area contributed by atoms with Crippen LogP contribution in [0.1, 0.15) is 60.8 Å². The van der Waals surface area contributed by atoms with E-state index in [4.69, 9.17) is 12.2 Å². The van der Waals surface area contributed by atoms with E-state index in [1.807, 2.05) is 0 Å². The Bertz CT molecular complexity index is 178. The fourth-order valence-electron chi connectivity index (χ4n) is 1.82. The lowest BCUT2D eigenvalue weighted by Crippen LogP contribution is -2.34. The molecule has 13 heavy (non-hydrogen) atoms. The minimum atomic E-state index is 0.216. The van der Waals surface area contributed by atoms with E-state index in [0.29, 0.717) is 0 Å². The lowest BCUT2D eigenvalue weighted by molar-refractivity contribution is 0.400. The molecule has 0 fully saturated rings. The summed E-state index contributed by atoms with van der Waals surface area (Å²) < 4.78 is 0. The maximum atomic E-state index is 5.59. The summed E-state index contributed by atoms with van der Waals surface area (Å²) in [5.41, 5.74) is 0.442. The summed E-state index contributed by atoms with van der Waals surface area (Å²) in [5.74, 6) is 0. The molecule has 0 nitrogen and oxygen atoms in total. The molecule has 0 aromatic rings. The van der Waals surface area contributed by atoms with E-state index in [0.717, 1.165) is 6.42 Å². The molecule has 0 aliphatic heterocycles. The average Bonchev–Trinajstić information content (AvgIpc) is 2.03. The molecule has 0 heterocycles. The molecule has 0 radical (unpaired) electrons. The lowest BCUT2D eigenvalue weighted by atomic mass is 9.71. The second-order valence-corrected chi connectivity index (χ2v) is 5.61. The number of thiocarbonyl (C=S) groups is 1. The predicted molar refractivity (Wildman–Crippen MR) is 65.4 cm³/mol.